The molecule has 160 valence electrons. The number of hydrogen-bond donors (Lipinski definition) is 0. The zero-order chi connectivity index (χ0) is 20.9. The summed E-state index contributed by atoms with van der Waals surface area (Å²) >= 11 is 0. The first-order valence-electron chi connectivity index (χ1n) is 10.0. The number of carbonyl (C=O) groups excluding carboxylic acids is 1. The Hall–Kier alpha value is -1.84. The summed E-state index contributed by atoms with van der Waals surface area (Å²) in [5.74, 6) is -0.246. The van der Waals surface area contributed by atoms with Crippen LogP contribution in [-0.4, -0.2) is 31.1 Å². The van der Waals surface area contributed by atoms with Gasteiger partial charge in [0.15, 0.2) is 0 Å². The molecule has 0 N–H and O–H groups in total. The van der Waals surface area contributed by atoms with Gasteiger partial charge in [0.25, 0.3) is 0 Å². The second kappa shape index (κ2) is 10.3. The van der Waals surface area contributed by atoms with Crippen LogP contribution in [0.5, 0.6) is 0 Å². The summed E-state index contributed by atoms with van der Waals surface area (Å²) in [7, 11) is 2.04. The second-order valence-corrected chi connectivity index (χ2v) is 9.66. The lowest BCUT2D eigenvalue weighted by molar-refractivity contribution is 0.0470. The molecule has 0 saturated carbocycles. The predicted molar refractivity (Wildman–Crippen MR) is 124 cm³/mol. The molecular formula is C25H36ClNO2. The summed E-state index contributed by atoms with van der Waals surface area (Å²) in [5, 5.41) is 0. The molecule has 4 heteroatoms. The zero-order valence-electron chi connectivity index (χ0n) is 18.9. The summed E-state index contributed by atoms with van der Waals surface area (Å²) in [6.45, 7) is 14.9. The Balaban J connectivity index is 0.00000420. The Bertz CT molecular complexity index is 756. The lowest BCUT2D eigenvalue weighted by Gasteiger charge is -2.26. The van der Waals surface area contributed by atoms with Gasteiger partial charge in [0.1, 0.15) is 6.61 Å². The van der Waals surface area contributed by atoms with Crippen molar-refractivity contribution < 1.29 is 9.53 Å². The fourth-order valence-corrected chi connectivity index (χ4v) is 2.96. The fourth-order valence-electron chi connectivity index (χ4n) is 2.96. The summed E-state index contributed by atoms with van der Waals surface area (Å²) < 4.78 is 5.59. The molecule has 2 rings (SSSR count). The van der Waals surface area contributed by atoms with Crippen LogP contribution in [0.25, 0.3) is 0 Å². The standard InChI is InChI=1S/C25H35NO2.ClH/c1-24(2,3)21-15-20(16-22(17-21)25(4,5)6)23(27)28-14-13-26(7)18-19-11-9-8-10-12-19;/h8-12,15-17H,13-14,18H2,1-7H3;1H. The fraction of sp³-hybridized carbons (Fsp3) is 0.480. The molecule has 0 amide bonds. The van der Waals surface area contributed by atoms with Crippen molar-refractivity contribution in [1.29, 1.82) is 0 Å². The normalized spacial score (nSPS) is 11.9. The lowest BCUT2D eigenvalue weighted by atomic mass is 9.79. The minimum atomic E-state index is -0.246. The van der Waals surface area contributed by atoms with Gasteiger partial charge in [0, 0.05) is 13.1 Å². The maximum atomic E-state index is 12.7. The first-order chi connectivity index (χ1) is 13.0. The number of carbonyl (C=O) groups is 1. The van der Waals surface area contributed by atoms with Crippen LogP contribution in [0.1, 0.15) is 68.6 Å². The first kappa shape index (κ1) is 25.2. The maximum Gasteiger partial charge on any atom is 0.338 e. The zero-order valence-corrected chi connectivity index (χ0v) is 19.7. The first-order valence-corrected chi connectivity index (χ1v) is 10.0. The number of nitrogens with zero attached hydrogens (tertiary/aromatic N) is 1. The molecule has 0 unspecified atom stereocenters. The van der Waals surface area contributed by atoms with E-state index in [1.165, 1.54) is 5.56 Å². The van der Waals surface area contributed by atoms with Crippen molar-refractivity contribution in [3.63, 3.8) is 0 Å². The Kier molecular flexibility index (Phi) is 8.92. The summed E-state index contributed by atoms with van der Waals surface area (Å²) in [4.78, 5) is 14.9. The quantitative estimate of drug-likeness (QED) is 0.540. The summed E-state index contributed by atoms with van der Waals surface area (Å²) in [6.07, 6.45) is 0. The van der Waals surface area contributed by atoms with Crippen molar-refractivity contribution in [3.8, 4) is 0 Å². The van der Waals surface area contributed by atoms with E-state index in [1.54, 1.807) is 0 Å². The number of rotatable bonds is 6. The molecule has 0 aliphatic heterocycles. The average Bonchev–Trinajstić information content (AvgIpc) is 2.60. The van der Waals surface area contributed by atoms with E-state index in [0.717, 1.165) is 17.7 Å². The number of likely N-dealkylation sites (N-methyl/N-ethyl adjacent to an activating group) is 1. The maximum absolute atomic E-state index is 12.7. The van der Waals surface area contributed by atoms with Crippen molar-refractivity contribution in [2.75, 3.05) is 20.2 Å². The van der Waals surface area contributed by atoms with Gasteiger partial charge in [-0.3, -0.25) is 4.90 Å². The van der Waals surface area contributed by atoms with Crippen LogP contribution in [0, 0.1) is 0 Å². The molecule has 0 heterocycles. The average molecular weight is 418 g/mol. The highest BCUT2D eigenvalue weighted by Gasteiger charge is 2.22. The monoisotopic (exact) mass is 417 g/mol. The molecule has 2 aromatic carbocycles. The van der Waals surface area contributed by atoms with Crippen molar-refractivity contribution in [1.82, 2.24) is 4.90 Å². The summed E-state index contributed by atoms with van der Waals surface area (Å²) in [6, 6.07) is 16.5. The van der Waals surface area contributed by atoms with E-state index in [9.17, 15) is 4.79 Å². The van der Waals surface area contributed by atoms with Gasteiger partial charge >= 0.3 is 5.97 Å². The van der Waals surface area contributed by atoms with Crippen molar-refractivity contribution >= 4 is 18.4 Å². The van der Waals surface area contributed by atoms with Crippen LogP contribution in [0.4, 0.5) is 0 Å². The molecule has 0 bridgehead atoms. The van der Waals surface area contributed by atoms with Gasteiger partial charge in [0.05, 0.1) is 5.56 Å². The Morgan fingerprint density at radius 1 is 0.897 bits per heavy atom. The van der Waals surface area contributed by atoms with Crippen LogP contribution in [0.2, 0.25) is 0 Å². The smallest absolute Gasteiger partial charge is 0.338 e. The molecule has 0 aromatic heterocycles. The Labute approximate surface area is 182 Å². The van der Waals surface area contributed by atoms with Crippen LogP contribution in [0.3, 0.4) is 0 Å². The molecule has 29 heavy (non-hydrogen) atoms. The lowest BCUT2D eigenvalue weighted by Crippen LogP contribution is -2.24. The van der Waals surface area contributed by atoms with E-state index in [-0.39, 0.29) is 29.2 Å². The molecule has 0 atom stereocenters. The molecule has 0 saturated heterocycles. The second-order valence-electron chi connectivity index (χ2n) is 9.66. The van der Waals surface area contributed by atoms with E-state index < -0.39 is 0 Å². The van der Waals surface area contributed by atoms with E-state index in [0.29, 0.717) is 18.7 Å². The third-order valence-corrected chi connectivity index (χ3v) is 4.90. The van der Waals surface area contributed by atoms with Crippen molar-refractivity contribution in [2.45, 2.75) is 58.9 Å². The number of halogens is 1. The number of hydrogen-bond acceptors (Lipinski definition) is 3. The third-order valence-electron chi connectivity index (χ3n) is 4.90. The molecule has 0 spiro atoms. The predicted octanol–water partition coefficient (Wildman–Crippen LogP) is 5.99. The van der Waals surface area contributed by atoms with Crippen LogP contribution in [0.15, 0.2) is 48.5 Å². The Morgan fingerprint density at radius 2 is 1.41 bits per heavy atom. The minimum absolute atomic E-state index is 0. The van der Waals surface area contributed by atoms with E-state index in [4.69, 9.17) is 4.74 Å². The molecule has 3 nitrogen and oxygen atoms in total. The van der Waals surface area contributed by atoms with Crippen LogP contribution in [-0.2, 0) is 22.1 Å². The SMILES string of the molecule is CN(CCOC(=O)c1cc(C(C)(C)C)cc(C(C)(C)C)c1)Cc1ccccc1.Cl. The molecule has 0 aliphatic carbocycles. The number of benzene rings is 2. The highest BCUT2D eigenvalue weighted by molar-refractivity contribution is 5.90. The highest BCUT2D eigenvalue weighted by Crippen LogP contribution is 2.30. The van der Waals surface area contributed by atoms with E-state index >= 15 is 0 Å². The molecule has 0 aliphatic rings. The van der Waals surface area contributed by atoms with Gasteiger partial charge in [-0.1, -0.05) is 77.9 Å². The van der Waals surface area contributed by atoms with E-state index in [1.807, 2.05) is 37.4 Å². The van der Waals surface area contributed by atoms with E-state index in [2.05, 4.69) is 64.6 Å². The molecule has 0 fully saturated rings. The highest BCUT2D eigenvalue weighted by atomic mass is 35.5. The van der Waals surface area contributed by atoms with Gasteiger partial charge < -0.3 is 4.74 Å². The van der Waals surface area contributed by atoms with Crippen LogP contribution < -0.4 is 0 Å². The van der Waals surface area contributed by atoms with Gasteiger partial charge in [0.2, 0.25) is 0 Å². The summed E-state index contributed by atoms with van der Waals surface area (Å²) in [5.41, 5.74) is 4.17. The number of ether oxygens (including phenoxy) is 1. The van der Waals surface area contributed by atoms with Gasteiger partial charge in [-0.25, -0.2) is 4.79 Å². The van der Waals surface area contributed by atoms with Gasteiger partial charge in [-0.2, -0.15) is 0 Å². The van der Waals surface area contributed by atoms with Gasteiger partial charge in [-0.05, 0) is 46.7 Å². The minimum Gasteiger partial charge on any atom is -0.461 e. The largest absolute Gasteiger partial charge is 0.461 e. The molecule has 0 radical (unpaired) electrons. The van der Waals surface area contributed by atoms with Crippen LogP contribution >= 0.6 is 12.4 Å². The van der Waals surface area contributed by atoms with Crippen molar-refractivity contribution in [3.05, 3.63) is 70.8 Å². The third kappa shape index (κ3) is 7.83. The Morgan fingerprint density at radius 3 is 1.90 bits per heavy atom. The van der Waals surface area contributed by atoms with Gasteiger partial charge in [-0.15, -0.1) is 12.4 Å². The van der Waals surface area contributed by atoms with Crippen molar-refractivity contribution in [2.24, 2.45) is 0 Å². The molecule has 2 aromatic rings. The molecular weight excluding hydrogens is 382 g/mol. The topological polar surface area (TPSA) is 29.5 Å². The number of esters is 1.